The maximum Gasteiger partial charge on any atom is 0.278 e. The Kier molecular flexibility index (Phi) is 4.06. The smallest absolute Gasteiger partial charge is 0.278 e. The summed E-state index contributed by atoms with van der Waals surface area (Å²) in [5.74, 6) is -3.86. The highest BCUT2D eigenvalue weighted by atomic mass is 35.5. The van der Waals surface area contributed by atoms with Crippen molar-refractivity contribution in [3.05, 3.63) is 46.5 Å². The van der Waals surface area contributed by atoms with Crippen LogP contribution in [-0.2, 0) is 17.2 Å². The number of fused-ring (bicyclic) bond motifs is 1. The van der Waals surface area contributed by atoms with Crippen LogP contribution in [0.2, 0.25) is 5.02 Å². The van der Waals surface area contributed by atoms with Gasteiger partial charge in [-0.2, -0.15) is 0 Å². The zero-order valence-corrected chi connectivity index (χ0v) is 13.6. The van der Waals surface area contributed by atoms with Gasteiger partial charge in [-0.15, -0.1) is 0 Å². The van der Waals surface area contributed by atoms with Crippen molar-refractivity contribution in [2.24, 2.45) is 0 Å². The molecule has 0 spiro atoms. The predicted octanol–water partition coefficient (Wildman–Crippen LogP) is 3.62. The van der Waals surface area contributed by atoms with Gasteiger partial charge in [0.1, 0.15) is 11.9 Å². The molecule has 0 aliphatic heterocycles. The van der Waals surface area contributed by atoms with Crippen molar-refractivity contribution in [3.63, 3.8) is 0 Å². The third kappa shape index (κ3) is 2.81. The molecule has 0 fully saturated rings. The van der Waals surface area contributed by atoms with E-state index in [0.29, 0.717) is 11.4 Å². The molecular formula is C15H13ClF3NO2S. The fourth-order valence-electron chi connectivity index (χ4n) is 2.86. The minimum absolute atomic E-state index is 0.0231. The van der Waals surface area contributed by atoms with Gasteiger partial charge in [0.25, 0.3) is 5.92 Å². The van der Waals surface area contributed by atoms with Gasteiger partial charge in [-0.1, -0.05) is 11.6 Å². The highest BCUT2D eigenvalue weighted by Gasteiger charge is 2.46. The normalized spacial score (nSPS) is 21.0. The fraction of sp³-hybridized carbons (Fsp3) is 0.333. The van der Waals surface area contributed by atoms with E-state index < -0.39 is 35.1 Å². The van der Waals surface area contributed by atoms with Crippen molar-refractivity contribution in [1.82, 2.24) is 4.57 Å². The van der Waals surface area contributed by atoms with Crippen LogP contribution in [0.3, 0.4) is 0 Å². The maximum absolute atomic E-state index is 13.8. The third-order valence-corrected chi connectivity index (χ3v) is 5.08. The average molecular weight is 364 g/mol. The van der Waals surface area contributed by atoms with Crippen LogP contribution in [0.1, 0.15) is 23.8 Å². The maximum atomic E-state index is 13.8. The number of aliphatic hydroxyl groups is 1. The first-order chi connectivity index (χ1) is 10.7. The molecule has 2 aromatic rings. The molecule has 0 saturated heterocycles. The van der Waals surface area contributed by atoms with Crippen molar-refractivity contribution >= 4 is 22.4 Å². The van der Waals surface area contributed by atoms with Gasteiger partial charge in [0.15, 0.2) is 0 Å². The Morgan fingerprint density at radius 3 is 2.70 bits per heavy atom. The predicted molar refractivity (Wildman–Crippen MR) is 81.3 cm³/mol. The Morgan fingerprint density at radius 2 is 2.09 bits per heavy atom. The van der Waals surface area contributed by atoms with E-state index in [9.17, 15) is 22.5 Å². The van der Waals surface area contributed by atoms with Gasteiger partial charge in [0, 0.05) is 40.8 Å². The molecule has 1 N–H and O–H groups in total. The van der Waals surface area contributed by atoms with E-state index in [2.05, 4.69) is 0 Å². The Labute approximate surface area is 138 Å². The molecule has 1 unspecified atom stereocenters. The molecule has 1 aliphatic carbocycles. The van der Waals surface area contributed by atoms with Crippen LogP contribution in [0.25, 0.3) is 5.69 Å². The topological polar surface area (TPSA) is 42.2 Å². The molecule has 0 radical (unpaired) electrons. The summed E-state index contributed by atoms with van der Waals surface area (Å²) in [6.45, 7) is 0. The van der Waals surface area contributed by atoms with Crippen LogP contribution < -0.4 is 0 Å². The lowest BCUT2D eigenvalue weighted by molar-refractivity contribution is -0.123. The van der Waals surface area contributed by atoms with Gasteiger partial charge in [0.2, 0.25) is 0 Å². The lowest BCUT2D eigenvalue weighted by Gasteiger charge is -2.29. The molecule has 0 bridgehead atoms. The van der Waals surface area contributed by atoms with E-state index in [1.54, 1.807) is 0 Å². The zero-order chi connectivity index (χ0) is 16.9. The van der Waals surface area contributed by atoms with Crippen LogP contribution >= 0.6 is 11.6 Å². The molecule has 3 rings (SSSR count). The molecule has 0 saturated carbocycles. The average Bonchev–Trinajstić information content (AvgIpc) is 2.82. The Morgan fingerprint density at radius 1 is 1.39 bits per heavy atom. The summed E-state index contributed by atoms with van der Waals surface area (Å²) >= 11 is 5.84. The molecule has 3 nitrogen and oxygen atoms in total. The van der Waals surface area contributed by atoms with Gasteiger partial charge in [-0.3, -0.25) is 4.21 Å². The Hall–Kier alpha value is -1.31. The molecule has 2 atom stereocenters. The van der Waals surface area contributed by atoms with E-state index in [-0.39, 0.29) is 21.9 Å². The second-order valence-electron chi connectivity index (χ2n) is 5.47. The van der Waals surface area contributed by atoms with Gasteiger partial charge in [-0.05, 0) is 24.6 Å². The number of alkyl halides is 2. The van der Waals surface area contributed by atoms with Crippen LogP contribution in [0.15, 0.2) is 29.3 Å². The van der Waals surface area contributed by atoms with Crippen molar-refractivity contribution in [2.75, 3.05) is 6.26 Å². The standard InChI is InChI=1S/C15H13ClF3NO2S/c1-23(22)12-7-20(10-5-8(16)4-9(17)6-10)11-2-3-15(18,19)14(21)13(11)12/h4-7,14,21H,2-3H2,1H3/t14-,23?/m0/s1. The summed E-state index contributed by atoms with van der Waals surface area (Å²) in [5.41, 5.74) is 0.693. The fourth-order valence-corrected chi connectivity index (χ4v) is 3.86. The van der Waals surface area contributed by atoms with Gasteiger partial charge in [0.05, 0.1) is 15.7 Å². The number of aromatic nitrogens is 1. The molecule has 1 aliphatic rings. The van der Waals surface area contributed by atoms with Crippen molar-refractivity contribution in [3.8, 4) is 5.69 Å². The van der Waals surface area contributed by atoms with Crippen molar-refractivity contribution in [2.45, 2.75) is 29.8 Å². The molecule has 1 aromatic heterocycles. The minimum atomic E-state index is -3.28. The minimum Gasteiger partial charge on any atom is -0.382 e. The number of hydrogen-bond donors (Lipinski definition) is 1. The number of nitrogens with zero attached hydrogens (tertiary/aromatic N) is 1. The SMILES string of the molecule is CS(=O)c1cn(-c2cc(F)cc(Cl)c2)c2c1[C@H](O)C(F)(F)CC2. The zero-order valence-electron chi connectivity index (χ0n) is 12.0. The summed E-state index contributed by atoms with van der Waals surface area (Å²) in [6, 6.07) is 3.81. The van der Waals surface area contributed by atoms with Crippen LogP contribution in [0.4, 0.5) is 13.2 Å². The number of halogens is 4. The van der Waals surface area contributed by atoms with Gasteiger partial charge < -0.3 is 9.67 Å². The van der Waals surface area contributed by atoms with E-state index in [4.69, 9.17) is 11.6 Å². The molecule has 1 aromatic carbocycles. The summed E-state index contributed by atoms with van der Waals surface area (Å²) in [4.78, 5) is 0.118. The monoisotopic (exact) mass is 363 g/mol. The second kappa shape index (κ2) is 5.65. The van der Waals surface area contributed by atoms with Crippen LogP contribution in [-0.4, -0.2) is 26.1 Å². The van der Waals surface area contributed by atoms with E-state index >= 15 is 0 Å². The number of rotatable bonds is 2. The Bertz CT molecular complexity index is 786. The van der Waals surface area contributed by atoms with Crippen molar-refractivity contribution < 1.29 is 22.5 Å². The van der Waals surface area contributed by atoms with Crippen LogP contribution in [0, 0.1) is 5.82 Å². The van der Waals surface area contributed by atoms with Gasteiger partial charge in [-0.25, -0.2) is 13.2 Å². The number of aliphatic hydroxyl groups excluding tert-OH is 1. The van der Waals surface area contributed by atoms with E-state index in [1.165, 1.54) is 29.2 Å². The lowest BCUT2D eigenvalue weighted by Crippen LogP contribution is -2.32. The summed E-state index contributed by atoms with van der Waals surface area (Å²) < 4.78 is 54.6. The molecule has 8 heteroatoms. The molecule has 124 valence electrons. The van der Waals surface area contributed by atoms with Crippen LogP contribution in [0.5, 0.6) is 0 Å². The number of hydrogen-bond acceptors (Lipinski definition) is 2. The van der Waals surface area contributed by atoms with Crippen molar-refractivity contribution in [1.29, 1.82) is 0 Å². The number of benzene rings is 1. The summed E-state index contributed by atoms with van der Waals surface area (Å²) in [7, 11) is -1.58. The highest BCUT2D eigenvalue weighted by Crippen LogP contribution is 2.45. The van der Waals surface area contributed by atoms with Gasteiger partial charge >= 0.3 is 0 Å². The second-order valence-corrected chi connectivity index (χ2v) is 7.25. The third-order valence-electron chi connectivity index (χ3n) is 3.92. The van der Waals surface area contributed by atoms with E-state index in [0.717, 1.165) is 6.07 Å². The molecular weight excluding hydrogens is 351 g/mol. The molecule has 1 heterocycles. The lowest BCUT2D eigenvalue weighted by atomic mass is 9.91. The molecule has 23 heavy (non-hydrogen) atoms. The first-order valence-electron chi connectivity index (χ1n) is 6.80. The van der Waals surface area contributed by atoms with E-state index in [1.807, 2.05) is 0 Å². The summed E-state index contributed by atoms with van der Waals surface area (Å²) in [6.07, 6.45) is 0.152. The highest BCUT2D eigenvalue weighted by molar-refractivity contribution is 7.84. The first kappa shape index (κ1) is 16.5. The Balaban J connectivity index is 2.25. The largest absolute Gasteiger partial charge is 0.382 e. The summed E-state index contributed by atoms with van der Waals surface area (Å²) in [5, 5.41) is 10.1. The molecule has 0 amide bonds. The first-order valence-corrected chi connectivity index (χ1v) is 8.74. The quantitative estimate of drug-likeness (QED) is 0.885.